The number of hydrogen-bond acceptors (Lipinski definition) is 3. The minimum atomic E-state index is -0.538. The van der Waals surface area contributed by atoms with Crippen molar-refractivity contribution >= 4 is 0 Å². The smallest absolute Gasteiger partial charge is 0.219 e. The Hall–Kier alpha value is -1.19. The molecule has 2 rings (SSSR count). The van der Waals surface area contributed by atoms with Gasteiger partial charge in [-0.2, -0.15) is 4.39 Å². The Morgan fingerprint density at radius 1 is 1.27 bits per heavy atom. The minimum absolute atomic E-state index is 0.341. The summed E-state index contributed by atoms with van der Waals surface area (Å²) in [6, 6.07) is 1.23. The summed E-state index contributed by atoms with van der Waals surface area (Å²) in [6.07, 6.45) is 7.52. The first-order valence-electron chi connectivity index (χ1n) is 5.45. The molecule has 0 radical (unpaired) electrons. The largest absolute Gasteiger partial charge is 0.477 e. The molecule has 1 saturated carbocycles. The first kappa shape index (κ1) is 10.3. The summed E-state index contributed by atoms with van der Waals surface area (Å²) in [4.78, 5) is 7.23. The monoisotopic (exact) mass is 210 g/mol. The maximum atomic E-state index is 12.7. The molecule has 1 aromatic rings. The second-order valence-electron chi connectivity index (χ2n) is 3.99. The van der Waals surface area contributed by atoms with Crippen molar-refractivity contribution in [1.29, 1.82) is 0 Å². The average Bonchev–Trinajstić information content (AvgIpc) is 2.28. The van der Waals surface area contributed by atoms with Gasteiger partial charge in [0.25, 0.3) is 0 Å². The number of halogens is 1. The Morgan fingerprint density at radius 3 is 2.80 bits per heavy atom. The first-order valence-corrected chi connectivity index (χ1v) is 5.45. The molecule has 0 bridgehead atoms. The zero-order valence-corrected chi connectivity index (χ0v) is 8.66. The standard InChI is InChI=1S/C11H15FN2O/c12-10-6-11(14-8-13-10)15-7-9-4-2-1-3-5-9/h6,8-9H,1-5,7H2. The van der Waals surface area contributed by atoms with Crippen molar-refractivity contribution in [3.63, 3.8) is 0 Å². The molecule has 15 heavy (non-hydrogen) atoms. The van der Waals surface area contributed by atoms with Gasteiger partial charge >= 0.3 is 0 Å². The van der Waals surface area contributed by atoms with Gasteiger partial charge in [-0.25, -0.2) is 9.97 Å². The molecule has 0 unspecified atom stereocenters. The normalized spacial score (nSPS) is 17.7. The number of hydrogen-bond donors (Lipinski definition) is 0. The summed E-state index contributed by atoms with van der Waals surface area (Å²) in [6.45, 7) is 0.649. The Bertz CT molecular complexity index is 313. The molecule has 1 fully saturated rings. The highest BCUT2D eigenvalue weighted by atomic mass is 19.1. The third kappa shape index (κ3) is 3.15. The lowest BCUT2D eigenvalue weighted by Crippen LogP contribution is -2.15. The summed E-state index contributed by atoms with van der Waals surface area (Å²) in [5, 5.41) is 0. The van der Waals surface area contributed by atoms with Crippen LogP contribution in [0, 0.1) is 11.9 Å². The third-order valence-corrected chi connectivity index (χ3v) is 2.80. The minimum Gasteiger partial charge on any atom is -0.477 e. The molecular formula is C11H15FN2O. The van der Waals surface area contributed by atoms with Gasteiger partial charge in [0, 0.05) is 0 Å². The molecule has 0 amide bonds. The van der Waals surface area contributed by atoms with Crippen LogP contribution in [0.4, 0.5) is 4.39 Å². The Labute approximate surface area is 88.7 Å². The summed E-state index contributed by atoms with van der Waals surface area (Å²) >= 11 is 0. The van der Waals surface area contributed by atoms with Crippen molar-refractivity contribution in [3.05, 3.63) is 18.3 Å². The Balaban J connectivity index is 1.81. The van der Waals surface area contributed by atoms with Gasteiger partial charge in [0.05, 0.1) is 12.7 Å². The van der Waals surface area contributed by atoms with Crippen LogP contribution < -0.4 is 4.74 Å². The van der Waals surface area contributed by atoms with Crippen molar-refractivity contribution in [2.45, 2.75) is 32.1 Å². The van der Waals surface area contributed by atoms with Gasteiger partial charge in [0.2, 0.25) is 11.8 Å². The fourth-order valence-electron chi connectivity index (χ4n) is 1.95. The summed E-state index contributed by atoms with van der Waals surface area (Å²) < 4.78 is 18.1. The highest BCUT2D eigenvalue weighted by Crippen LogP contribution is 2.24. The van der Waals surface area contributed by atoms with E-state index in [1.54, 1.807) is 0 Å². The molecule has 3 nitrogen and oxygen atoms in total. The maximum absolute atomic E-state index is 12.7. The van der Waals surface area contributed by atoms with Crippen LogP contribution in [0.25, 0.3) is 0 Å². The molecule has 0 atom stereocenters. The van der Waals surface area contributed by atoms with Crippen molar-refractivity contribution in [2.75, 3.05) is 6.61 Å². The van der Waals surface area contributed by atoms with Crippen LogP contribution in [-0.2, 0) is 0 Å². The average molecular weight is 210 g/mol. The highest BCUT2D eigenvalue weighted by molar-refractivity contribution is 5.05. The number of rotatable bonds is 3. The Kier molecular flexibility index (Phi) is 3.48. The van der Waals surface area contributed by atoms with E-state index in [1.807, 2.05) is 0 Å². The van der Waals surface area contributed by atoms with E-state index < -0.39 is 5.95 Å². The lowest BCUT2D eigenvalue weighted by molar-refractivity contribution is 0.201. The Morgan fingerprint density at radius 2 is 2.07 bits per heavy atom. The van der Waals surface area contributed by atoms with Crippen LogP contribution in [0.1, 0.15) is 32.1 Å². The van der Waals surface area contributed by atoms with E-state index in [0.29, 0.717) is 18.4 Å². The van der Waals surface area contributed by atoms with Crippen molar-refractivity contribution in [2.24, 2.45) is 5.92 Å². The van der Waals surface area contributed by atoms with Gasteiger partial charge in [0.15, 0.2) is 0 Å². The second kappa shape index (κ2) is 5.05. The molecule has 82 valence electrons. The van der Waals surface area contributed by atoms with E-state index in [0.717, 1.165) is 0 Å². The zero-order valence-electron chi connectivity index (χ0n) is 8.66. The van der Waals surface area contributed by atoms with Gasteiger partial charge in [0.1, 0.15) is 6.33 Å². The zero-order chi connectivity index (χ0) is 10.5. The fourth-order valence-corrected chi connectivity index (χ4v) is 1.95. The predicted octanol–water partition coefficient (Wildman–Crippen LogP) is 2.57. The summed E-state index contributed by atoms with van der Waals surface area (Å²) in [5.41, 5.74) is 0. The van der Waals surface area contributed by atoms with Crippen LogP contribution in [0.2, 0.25) is 0 Å². The molecule has 1 heterocycles. The van der Waals surface area contributed by atoms with Gasteiger partial charge in [-0.05, 0) is 18.8 Å². The molecule has 4 heteroatoms. The van der Waals surface area contributed by atoms with Crippen LogP contribution in [0.5, 0.6) is 5.88 Å². The molecule has 1 aromatic heterocycles. The number of nitrogens with zero attached hydrogens (tertiary/aromatic N) is 2. The van der Waals surface area contributed by atoms with E-state index in [4.69, 9.17) is 4.74 Å². The molecule has 0 spiro atoms. The SMILES string of the molecule is Fc1cc(OCC2CCCCC2)ncn1. The van der Waals surface area contributed by atoms with Crippen LogP contribution in [-0.4, -0.2) is 16.6 Å². The van der Waals surface area contributed by atoms with Crippen molar-refractivity contribution in [1.82, 2.24) is 9.97 Å². The van der Waals surface area contributed by atoms with Crippen LogP contribution in [0.15, 0.2) is 12.4 Å². The molecule has 0 N–H and O–H groups in total. The van der Waals surface area contributed by atoms with E-state index >= 15 is 0 Å². The second-order valence-corrected chi connectivity index (χ2v) is 3.99. The highest BCUT2D eigenvalue weighted by Gasteiger charge is 2.14. The quantitative estimate of drug-likeness (QED) is 0.719. The van der Waals surface area contributed by atoms with Gasteiger partial charge < -0.3 is 4.74 Å². The van der Waals surface area contributed by atoms with Gasteiger partial charge in [-0.15, -0.1) is 0 Å². The van der Waals surface area contributed by atoms with E-state index in [2.05, 4.69) is 9.97 Å². The van der Waals surface area contributed by atoms with Crippen LogP contribution >= 0.6 is 0 Å². The summed E-state index contributed by atoms with van der Waals surface area (Å²) in [5.74, 6) is 0.411. The molecular weight excluding hydrogens is 195 g/mol. The maximum Gasteiger partial charge on any atom is 0.219 e. The van der Waals surface area contributed by atoms with Gasteiger partial charge in [-0.3, -0.25) is 0 Å². The lowest BCUT2D eigenvalue weighted by atomic mass is 9.90. The molecule has 1 aliphatic carbocycles. The van der Waals surface area contributed by atoms with E-state index in [9.17, 15) is 4.39 Å². The molecule has 0 aliphatic heterocycles. The van der Waals surface area contributed by atoms with E-state index in [-0.39, 0.29) is 0 Å². The number of ether oxygens (including phenoxy) is 1. The predicted molar refractivity (Wildman–Crippen MR) is 54.1 cm³/mol. The molecule has 0 aromatic carbocycles. The molecule has 0 saturated heterocycles. The fraction of sp³-hybridized carbons (Fsp3) is 0.636. The van der Waals surface area contributed by atoms with Crippen molar-refractivity contribution < 1.29 is 9.13 Å². The van der Waals surface area contributed by atoms with Crippen LogP contribution in [0.3, 0.4) is 0 Å². The van der Waals surface area contributed by atoms with Gasteiger partial charge in [-0.1, -0.05) is 19.3 Å². The topological polar surface area (TPSA) is 35.0 Å². The first-order chi connectivity index (χ1) is 7.34. The van der Waals surface area contributed by atoms with Crippen molar-refractivity contribution in [3.8, 4) is 5.88 Å². The molecule has 1 aliphatic rings. The third-order valence-electron chi connectivity index (χ3n) is 2.80. The lowest BCUT2D eigenvalue weighted by Gasteiger charge is -2.21. The number of aromatic nitrogens is 2. The summed E-state index contributed by atoms with van der Waals surface area (Å²) in [7, 11) is 0. The van der Waals surface area contributed by atoms with E-state index in [1.165, 1.54) is 44.5 Å².